The van der Waals surface area contributed by atoms with E-state index in [0.29, 0.717) is 18.2 Å². The number of nitrogens with zero attached hydrogens (tertiary/aromatic N) is 3. The van der Waals surface area contributed by atoms with E-state index in [1.165, 1.54) is 13.3 Å². The quantitative estimate of drug-likeness (QED) is 0.398. The average molecular weight is 519 g/mol. The Hall–Kier alpha value is -4.14. The molecule has 1 amide bonds. The Kier molecular flexibility index (Phi) is 9.13. The lowest BCUT2D eigenvalue weighted by Gasteiger charge is -2.34. The van der Waals surface area contributed by atoms with Crippen molar-refractivity contribution in [3.8, 4) is 11.5 Å². The van der Waals surface area contributed by atoms with Crippen molar-refractivity contribution in [2.75, 3.05) is 30.4 Å². The first kappa shape index (κ1) is 26.9. The summed E-state index contributed by atoms with van der Waals surface area (Å²) in [5.74, 6) is 2.06. The molecular formula is C29H34N4O5. The minimum absolute atomic E-state index is 0.0251. The molecule has 0 saturated carbocycles. The standard InChI is InChI=1S/C29H34N4O5/c1-20(2)37-24-8-4-5-9-25(24)38-23-7-6-14-33(19-23)27-18-30-17-26(31-27)32-28(34)15-21-10-12-22(13-11-21)16-29(35)36-3/h4-5,8-13,17-18,20,23H,6-7,14-16,19H2,1-3H3,(H,31,32,34)/t23-/m1/s1. The van der Waals surface area contributed by atoms with E-state index in [-0.39, 0.29) is 36.9 Å². The first-order valence-electron chi connectivity index (χ1n) is 12.8. The van der Waals surface area contributed by atoms with E-state index in [4.69, 9.17) is 9.47 Å². The smallest absolute Gasteiger partial charge is 0.309 e. The van der Waals surface area contributed by atoms with Crippen LogP contribution in [-0.2, 0) is 27.2 Å². The van der Waals surface area contributed by atoms with Gasteiger partial charge in [0.25, 0.3) is 0 Å². The van der Waals surface area contributed by atoms with Crippen LogP contribution in [0, 0.1) is 0 Å². The van der Waals surface area contributed by atoms with Crippen LogP contribution in [0.15, 0.2) is 60.9 Å². The molecule has 9 nitrogen and oxygen atoms in total. The Morgan fingerprint density at radius 3 is 2.45 bits per heavy atom. The van der Waals surface area contributed by atoms with E-state index in [1.54, 1.807) is 6.20 Å². The summed E-state index contributed by atoms with van der Waals surface area (Å²) >= 11 is 0. The summed E-state index contributed by atoms with van der Waals surface area (Å²) in [6, 6.07) is 15.0. The molecule has 1 aliphatic heterocycles. The van der Waals surface area contributed by atoms with Gasteiger partial charge in [0, 0.05) is 6.54 Å². The van der Waals surface area contributed by atoms with E-state index in [9.17, 15) is 9.59 Å². The molecule has 200 valence electrons. The van der Waals surface area contributed by atoms with Crippen molar-refractivity contribution in [1.82, 2.24) is 9.97 Å². The second-order valence-electron chi connectivity index (χ2n) is 9.50. The first-order chi connectivity index (χ1) is 18.4. The predicted octanol–water partition coefficient (Wildman–Crippen LogP) is 4.21. The number of ether oxygens (including phenoxy) is 3. The Morgan fingerprint density at radius 2 is 1.74 bits per heavy atom. The van der Waals surface area contributed by atoms with E-state index >= 15 is 0 Å². The summed E-state index contributed by atoms with van der Waals surface area (Å²) in [4.78, 5) is 35.1. The highest BCUT2D eigenvalue weighted by atomic mass is 16.5. The van der Waals surface area contributed by atoms with E-state index in [2.05, 4.69) is 24.9 Å². The van der Waals surface area contributed by atoms with E-state index in [0.717, 1.165) is 42.0 Å². The third kappa shape index (κ3) is 7.68. The monoisotopic (exact) mass is 518 g/mol. The zero-order valence-corrected chi connectivity index (χ0v) is 22.1. The van der Waals surface area contributed by atoms with Crippen molar-refractivity contribution in [3.63, 3.8) is 0 Å². The zero-order valence-electron chi connectivity index (χ0n) is 22.1. The molecule has 1 aliphatic rings. The van der Waals surface area contributed by atoms with Gasteiger partial charge in [-0.25, -0.2) is 4.98 Å². The van der Waals surface area contributed by atoms with Crippen molar-refractivity contribution in [2.24, 2.45) is 0 Å². The second-order valence-corrected chi connectivity index (χ2v) is 9.50. The van der Waals surface area contributed by atoms with Crippen LogP contribution in [0.1, 0.15) is 37.8 Å². The summed E-state index contributed by atoms with van der Waals surface area (Å²) in [7, 11) is 1.36. The van der Waals surface area contributed by atoms with Crippen LogP contribution in [0.3, 0.4) is 0 Å². The van der Waals surface area contributed by atoms with Crippen molar-refractivity contribution in [3.05, 3.63) is 72.1 Å². The van der Waals surface area contributed by atoms with Gasteiger partial charge in [-0.05, 0) is 49.9 Å². The topological polar surface area (TPSA) is 103 Å². The number of methoxy groups -OCH3 is 1. The lowest BCUT2D eigenvalue weighted by atomic mass is 10.1. The lowest BCUT2D eigenvalue weighted by molar-refractivity contribution is -0.139. The van der Waals surface area contributed by atoms with Crippen LogP contribution in [0.25, 0.3) is 0 Å². The Labute approximate surface area is 223 Å². The fourth-order valence-electron chi connectivity index (χ4n) is 4.28. The van der Waals surface area contributed by atoms with E-state index in [1.807, 2.05) is 62.4 Å². The molecule has 2 aromatic carbocycles. The maximum absolute atomic E-state index is 12.6. The van der Waals surface area contributed by atoms with E-state index < -0.39 is 0 Å². The summed E-state index contributed by atoms with van der Waals surface area (Å²) in [5, 5.41) is 2.84. The average Bonchev–Trinajstić information content (AvgIpc) is 2.91. The van der Waals surface area contributed by atoms with Crippen LogP contribution in [-0.4, -0.2) is 54.3 Å². The molecule has 1 N–H and O–H groups in total. The number of rotatable bonds is 10. The molecule has 38 heavy (non-hydrogen) atoms. The number of benzene rings is 2. The van der Waals surface area contributed by atoms with Crippen molar-refractivity contribution in [1.29, 1.82) is 0 Å². The molecule has 3 aromatic rings. The number of carbonyl (C=O) groups is 2. The molecule has 1 saturated heterocycles. The molecular weight excluding hydrogens is 484 g/mol. The Bertz CT molecular complexity index is 1230. The number of piperidine rings is 1. The van der Waals surface area contributed by atoms with Crippen LogP contribution < -0.4 is 19.7 Å². The Balaban J connectivity index is 1.34. The van der Waals surface area contributed by atoms with Gasteiger partial charge >= 0.3 is 5.97 Å². The summed E-state index contributed by atoms with van der Waals surface area (Å²) in [6.07, 6.45) is 5.53. The third-order valence-electron chi connectivity index (χ3n) is 6.06. The maximum atomic E-state index is 12.6. The number of esters is 1. The van der Waals surface area contributed by atoms with Gasteiger partial charge < -0.3 is 24.4 Å². The molecule has 4 rings (SSSR count). The number of anilines is 2. The van der Waals surface area contributed by atoms with Crippen molar-refractivity contribution in [2.45, 2.75) is 51.7 Å². The van der Waals surface area contributed by atoms with Gasteiger partial charge in [-0.2, -0.15) is 0 Å². The first-order valence-corrected chi connectivity index (χ1v) is 12.8. The van der Waals surface area contributed by atoms with Crippen molar-refractivity contribution < 1.29 is 23.8 Å². The lowest BCUT2D eigenvalue weighted by Crippen LogP contribution is -2.41. The molecule has 1 fully saturated rings. The molecule has 1 aromatic heterocycles. The minimum atomic E-state index is -0.300. The van der Waals surface area contributed by atoms with Crippen molar-refractivity contribution >= 4 is 23.5 Å². The van der Waals surface area contributed by atoms with Gasteiger partial charge in [0.05, 0.1) is 45.0 Å². The predicted molar refractivity (Wildman–Crippen MR) is 145 cm³/mol. The Morgan fingerprint density at radius 1 is 1.03 bits per heavy atom. The number of carbonyl (C=O) groups excluding carboxylic acids is 2. The van der Waals surface area contributed by atoms with Gasteiger partial charge in [0.2, 0.25) is 5.91 Å². The fourth-order valence-corrected chi connectivity index (χ4v) is 4.28. The van der Waals surface area contributed by atoms with Gasteiger partial charge in [-0.15, -0.1) is 0 Å². The number of nitrogens with one attached hydrogen (secondary N) is 1. The van der Waals surface area contributed by atoms with Gasteiger partial charge in [-0.3, -0.25) is 14.6 Å². The molecule has 1 atom stereocenters. The van der Waals surface area contributed by atoms with Gasteiger partial charge in [-0.1, -0.05) is 36.4 Å². The molecule has 0 bridgehead atoms. The van der Waals surface area contributed by atoms with Crippen LogP contribution in [0.5, 0.6) is 11.5 Å². The maximum Gasteiger partial charge on any atom is 0.309 e. The molecule has 0 radical (unpaired) electrons. The molecule has 2 heterocycles. The number of hydrogen-bond donors (Lipinski definition) is 1. The fraction of sp³-hybridized carbons (Fsp3) is 0.379. The second kappa shape index (κ2) is 12.9. The highest BCUT2D eigenvalue weighted by Crippen LogP contribution is 2.30. The summed E-state index contributed by atoms with van der Waals surface area (Å²) < 4.78 is 16.9. The van der Waals surface area contributed by atoms with Crippen LogP contribution in [0.2, 0.25) is 0 Å². The third-order valence-corrected chi connectivity index (χ3v) is 6.06. The molecule has 0 spiro atoms. The number of amides is 1. The highest BCUT2D eigenvalue weighted by Gasteiger charge is 2.24. The molecule has 9 heteroatoms. The SMILES string of the molecule is COC(=O)Cc1ccc(CC(=O)Nc2cncc(N3CCC[C@@H](Oc4ccccc4OC(C)C)C3)n2)cc1. The van der Waals surface area contributed by atoms with Gasteiger partial charge in [0.1, 0.15) is 11.9 Å². The highest BCUT2D eigenvalue weighted by molar-refractivity contribution is 5.91. The number of aromatic nitrogens is 2. The number of hydrogen-bond acceptors (Lipinski definition) is 8. The summed E-state index contributed by atoms with van der Waals surface area (Å²) in [6.45, 7) is 5.47. The zero-order chi connectivity index (χ0) is 26.9. The largest absolute Gasteiger partial charge is 0.487 e. The molecule has 0 unspecified atom stereocenters. The van der Waals surface area contributed by atoms with Crippen LogP contribution in [0.4, 0.5) is 11.6 Å². The number of para-hydroxylation sites is 2. The molecule has 0 aliphatic carbocycles. The summed E-state index contributed by atoms with van der Waals surface area (Å²) in [5.41, 5.74) is 1.66. The van der Waals surface area contributed by atoms with Crippen LogP contribution >= 0.6 is 0 Å². The minimum Gasteiger partial charge on any atom is -0.487 e. The normalized spacial score (nSPS) is 15.2. The van der Waals surface area contributed by atoms with Gasteiger partial charge in [0.15, 0.2) is 17.3 Å².